The van der Waals surface area contributed by atoms with Gasteiger partial charge in [-0.3, -0.25) is 9.59 Å². The number of amides is 2. The molecular weight excluding hydrogens is 371 g/mol. The molecule has 0 radical (unpaired) electrons. The Bertz CT molecular complexity index is 914. The summed E-state index contributed by atoms with van der Waals surface area (Å²) in [5.74, 6) is -2.74. The molecule has 25 heavy (non-hydrogen) atoms. The van der Waals surface area contributed by atoms with E-state index in [2.05, 4.69) is 10.6 Å². The number of benzene rings is 2. The summed E-state index contributed by atoms with van der Waals surface area (Å²) in [4.78, 5) is 23.0. The molecule has 0 saturated carbocycles. The van der Waals surface area contributed by atoms with Crippen LogP contribution >= 0.6 is 11.6 Å². The van der Waals surface area contributed by atoms with Crippen molar-refractivity contribution in [3.8, 4) is 0 Å². The second-order valence-corrected chi connectivity index (χ2v) is 7.56. The molecule has 0 aliphatic carbocycles. The van der Waals surface area contributed by atoms with Crippen LogP contribution in [0.25, 0.3) is 0 Å². The lowest BCUT2D eigenvalue weighted by atomic mass is 10.2. The third-order valence-electron chi connectivity index (χ3n) is 3.05. The number of sulfone groups is 1. The summed E-state index contributed by atoms with van der Waals surface area (Å²) in [5, 5.41) is 5.00. The van der Waals surface area contributed by atoms with E-state index in [4.69, 9.17) is 11.6 Å². The summed E-state index contributed by atoms with van der Waals surface area (Å²) in [5.41, 5.74) is 0.0346. The minimum atomic E-state index is -3.85. The van der Waals surface area contributed by atoms with Crippen LogP contribution in [0.15, 0.2) is 47.4 Å². The van der Waals surface area contributed by atoms with Crippen molar-refractivity contribution in [2.75, 3.05) is 16.4 Å². The number of nitrogens with one attached hydrogen (secondary N) is 2. The van der Waals surface area contributed by atoms with Crippen LogP contribution in [0.5, 0.6) is 0 Å². The van der Waals surface area contributed by atoms with E-state index in [1.807, 2.05) is 0 Å². The van der Waals surface area contributed by atoms with Gasteiger partial charge in [0, 0.05) is 17.6 Å². The van der Waals surface area contributed by atoms with Crippen molar-refractivity contribution < 1.29 is 22.4 Å². The standard InChI is InChI=1S/C16H14ClFN2O4S/c1-10(21)19-15-8-12(4-7-14(15)18)20-16(22)9-25(23,24)13-5-2-11(17)3-6-13/h2-8H,9H2,1H3,(H,19,21)(H,20,22). The highest BCUT2D eigenvalue weighted by atomic mass is 35.5. The van der Waals surface area contributed by atoms with Crippen molar-refractivity contribution in [2.45, 2.75) is 11.8 Å². The van der Waals surface area contributed by atoms with Gasteiger partial charge in [-0.1, -0.05) is 11.6 Å². The number of hydrogen-bond acceptors (Lipinski definition) is 4. The van der Waals surface area contributed by atoms with E-state index in [1.54, 1.807) is 0 Å². The Morgan fingerprint density at radius 2 is 1.72 bits per heavy atom. The van der Waals surface area contributed by atoms with Crippen molar-refractivity contribution in [3.05, 3.63) is 53.3 Å². The van der Waals surface area contributed by atoms with Crippen LogP contribution in [0.1, 0.15) is 6.92 Å². The average Bonchev–Trinajstić information content (AvgIpc) is 2.50. The summed E-state index contributed by atoms with van der Waals surface area (Å²) < 4.78 is 37.9. The molecule has 2 amide bonds. The number of carbonyl (C=O) groups excluding carboxylic acids is 2. The lowest BCUT2D eigenvalue weighted by Gasteiger charge is -2.09. The zero-order chi connectivity index (χ0) is 18.6. The topological polar surface area (TPSA) is 92.3 Å². The second-order valence-electron chi connectivity index (χ2n) is 5.14. The van der Waals surface area contributed by atoms with Crippen molar-refractivity contribution in [1.82, 2.24) is 0 Å². The zero-order valence-corrected chi connectivity index (χ0v) is 14.6. The smallest absolute Gasteiger partial charge is 0.239 e. The molecule has 2 rings (SSSR count). The van der Waals surface area contributed by atoms with Crippen molar-refractivity contribution >= 4 is 44.6 Å². The third kappa shape index (κ3) is 5.27. The Balaban J connectivity index is 2.12. The van der Waals surface area contributed by atoms with Gasteiger partial charge in [0.05, 0.1) is 10.6 Å². The molecule has 0 aromatic heterocycles. The largest absolute Gasteiger partial charge is 0.325 e. The molecule has 0 saturated heterocycles. The maximum Gasteiger partial charge on any atom is 0.239 e. The molecule has 132 valence electrons. The van der Waals surface area contributed by atoms with Crippen LogP contribution in [-0.4, -0.2) is 26.0 Å². The third-order valence-corrected chi connectivity index (χ3v) is 4.94. The fourth-order valence-electron chi connectivity index (χ4n) is 1.98. The van der Waals surface area contributed by atoms with E-state index in [0.717, 1.165) is 6.07 Å². The van der Waals surface area contributed by atoms with Crippen LogP contribution in [0.4, 0.5) is 15.8 Å². The van der Waals surface area contributed by atoms with E-state index in [9.17, 15) is 22.4 Å². The van der Waals surface area contributed by atoms with E-state index in [1.165, 1.54) is 43.3 Å². The monoisotopic (exact) mass is 384 g/mol. The predicted octanol–water partition coefficient (Wildman–Crippen LogP) is 2.85. The van der Waals surface area contributed by atoms with Gasteiger partial charge in [-0.25, -0.2) is 12.8 Å². The molecule has 9 heteroatoms. The van der Waals surface area contributed by atoms with Gasteiger partial charge in [-0.2, -0.15) is 0 Å². The van der Waals surface area contributed by atoms with Crippen LogP contribution in [0.2, 0.25) is 5.02 Å². The van der Waals surface area contributed by atoms with E-state index >= 15 is 0 Å². The summed E-state index contributed by atoms with van der Waals surface area (Å²) in [6.07, 6.45) is 0. The first-order valence-corrected chi connectivity index (χ1v) is 9.06. The second kappa shape index (κ2) is 7.62. The van der Waals surface area contributed by atoms with Crippen molar-refractivity contribution in [2.24, 2.45) is 0 Å². The normalized spacial score (nSPS) is 11.0. The van der Waals surface area contributed by atoms with Crippen LogP contribution in [0, 0.1) is 5.82 Å². The molecule has 2 N–H and O–H groups in total. The van der Waals surface area contributed by atoms with Gasteiger partial charge >= 0.3 is 0 Å². The van der Waals surface area contributed by atoms with E-state index in [0.29, 0.717) is 5.02 Å². The average molecular weight is 385 g/mol. The fourth-order valence-corrected chi connectivity index (χ4v) is 3.24. The summed E-state index contributed by atoms with van der Waals surface area (Å²) in [6.45, 7) is 1.21. The molecule has 0 fully saturated rings. The highest BCUT2D eigenvalue weighted by molar-refractivity contribution is 7.92. The maximum absolute atomic E-state index is 13.6. The van der Waals surface area contributed by atoms with E-state index < -0.39 is 33.2 Å². The van der Waals surface area contributed by atoms with Gasteiger partial charge in [0.2, 0.25) is 11.8 Å². The molecule has 0 atom stereocenters. The number of carbonyl (C=O) groups is 2. The minimum Gasteiger partial charge on any atom is -0.325 e. The highest BCUT2D eigenvalue weighted by Gasteiger charge is 2.19. The summed E-state index contributed by atoms with van der Waals surface area (Å²) in [6, 6.07) is 8.93. The lowest BCUT2D eigenvalue weighted by Crippen LogP contribution is -2.23. The molecule has 2 aromatic carbocycles. The zero-order valence-electron chi connectivity index (χ0n) is 13.0. The Morgan fingerprint density at radius 3 is 2.32 bits per heavy atom. The van der Waals surface area contributed by atoms with E-state index in [-0.39, 0.29) is 16.3 Å². The molecule has 0 aliphatic rings. The molecule has 0 heterocycles. The minimum absolute atomic E-state index is 0.0370. The van der Waals surface area contributed by atoms with Crippen LogP contribution in [-0.2, 0) is 19.4 Å². The van der Waals surface area contributed by atoms with Crippen molar-refractivity contribution in [3.63, 3.8) is 0 Å². The molecule has 2 aromatic rings. The first kappa shape index (κ1) is 18.9. The molecule has 0 bridgehead atoms. The van der Waals surface area contributed by atoms with Crippen molar-refractivity contribution in [1.29, 1.82) is 0 Å². The predicted molar refractivity (Wildman–Crippen MR) is 92.8 cm³/mol. The van der Waals surface area contributed by atoms with Gasteiger partial charge in [-0.15, -0.1) is 0 Å². The fraction of sp³-hybridized carbons (Fsp3) is 0.125. The summed E-state index contributed by atoms with van der Waals surface area (Å²) >= 11 is 5.70. The van der Waals surface area contributed by atoms with Gasteiger partial charge in [-0.05, 0) is 42.5 Å². The first-order valence-electron chi connectivity index (χ1n) is 7.03. The Morgan fingerprint density at radius 1 is 1.08 bits per heavy atom. The number of hydrogen-bond donors (Lipinski definition) is 2. The molecule has 0 aliphatic heterocycles. The lowest BCUT2D eigenvalue weighted by molar-refractivity contribution is -0.114. The molecular formula is C16H14ClFN2O4S. The van der Waals surface area contributed by atoms with Crippen LogP contribution < -0.4 is 10.6 Å². The Hall–Kier alpha value is -2.45. The Labute approximate surface area is 148 Å². The Kier molecular flexibility index (Phi) is 5.76. The van der Waals surface area contributed by atoms with Gasteiger partial charge < -0.3 is 10.6 Å². The number of rotatable bonds is 5. The molecule has 6 nitrogen and oxygen atoms in total. The maximum atomic E-state index is 13.6. The quantitative estimate of drug-likeness (QED) is 0.829. The summed E-state index contributed by atoms with van der Waals surface area (Å²) in [7, 11) is -3.85. The van der Waals surface area contributed by atoms with Gasteiger partial charge in [0.1, 0.15) is 11.6 Å². The SMILES string of the molecule is CC(=O)Nc1cc(NC(=O)CS(=O)(=O)c2ccc(Cl)cc2)ccc1F. The highest BCUT2D eigenvalue weighted by Crippen LogP contribution is 2.20. The van der Waals surface area contributed by atoms with Gasteiger partial charge in [0.15, 0.2) is 9.84 Å². The number of halogens is 2. The first-order chi connectivity index (χ1) is 11.7. The number of anilines is 2. The molecule has 0 unspecified atom stereocenters. The van der Waals surface area contributed by atoms with Gasteiger partial charge in [0.25, 0.3) is 0 Å². The van der Waals surface area contributed by atoms with Crippen LogP contribution in [0.3, 0.4) is 0 Å². The molecule has 0 spiro atoms.